The Balaban J connectivity index is 1.62. The molecule has 1 aromatic heterocycles. The summed E-state index contributed by atoms with van der Waals surface area (Å²) in [5.74, 6) is 0.546. The zero-order chi connectivity index (χ0) is 19.8. The van der Waals surface area contributed by atoms with Crippen molar-refractivity contribution < 1.29 is 18.7 Å². The smallest absolute Gasteiger partial charge is 0.261 e. The van der Waals surface area contributed by atoms with E-state index in [2.05, 4.69) is 21.2 Å². The predicted octanol–water partition coefficient (Wildman–Crippen LogP) is 4.09. The maximum atomic E-state index is 12.7. The molecule has 0 aliphatic heterocycles. The van der Waals surface area contributed by atoms with Gasteiger partial charge < -0.3 is 19.4 Å². The van der Waals surface area contributed by atoms with E-state index in [4.69, 9.17) is 9.15 Å². The molecular weight excluding hydrogens is 424 g/mol. The maximum absolute atomic E-state index is 12.7. The summed E-state index contributed by atoms with van der Waals surface area (Å²) in [6.07, 6.45) is 1.53. The molecule has 0 aliphatic rings. The number of amides is 2. The number of rotatable bonds is 8. The molecule has 3 aromatic rings. The van der Waals surface area contributed by atoms with Gasteiger partial charge in [-0.05, 0) is 48.5 Å². The average Bonchev–Trinajstić information content (AvgIpc) is 3.21. The van der Waals surface area contributed by atoms with Crippen molar-refractivity contribution in [3.63, 3.8) is 0 Å². The summed E-state index contributed by atoms with van der Waals surface area (Å²) in [7, 11) is 0. The zero-order valence-electron chi connectivity index (χ0n) is 15.0. The second-order valence-corrected chi connectivity index (χ2v) is 6.90. The maximum Gasteiger partial charge on any atom is 0.261 e. The highest BCUT2D eigenvalue weighted by Gasteiger charge is 2.19. The third-order valence-electron chi connectivity index (χ3n) is 3.85. The molecule has 0 radical (unpaired) electrons. The summed E-state index contributed by atoms with van der Waals surface area (Å²) in [5, 5.41) is 2.78. The van der Waals surface area contributed by atoms with Gasteiger partial charge in [-0.15, -0.1) is 0 Å². The molecule has 1 N–H and O–H groups in total. The molecule has 144 valence electrons. The third-order valence-corrected chi connectivity index (χ3v) is 4.38. The lowest BCUT2D eigenvalue weighted by atomic mass is 10.3. The van der Waals surface area contributed by atoms with E-state index < -0.39 is 0 Å². The number of carbonyl (C=O) groups excluding carboxylic acids is 2. The number of carbonyl (C=O) groups is 2. The minimum atomic E-state index is -0.317. The van der Waals surface area contributed by atoms with E-state index in [0.29, 0.717) is 17.2 Å². The number of anilines is 1. The highest BCUT2D eigenvalue weighted by atomic mass is 79.9. The van der Waals surface area contributed by atoms with E-state index in [9.17, 15) is 9.59 Å². The molecule has 0 bridgehead atoms. The molecular formula is C21H19BrN2O4. The van der Waals surface area contributed by atoms with Gasteiger partial charge in [-0.1, -0.05) is 34.1 Å². The normalized spacial score (nSPS) is 10.3. The predicted molar refractivity (Wildman–Crippen MR) is 109 cm³/mol. The Morgan fingerprint density at radius 3 is 2.43 bits per heavy atom. The lowest BCUT2D eigenvalue weighted by molar-refractivity contribution is -0.137. The van der Waals surface area contributed by atoms with E-state index >= 15 is 0 Å². The van der Waals surface area contributed by atoms with Crippen molar-refractivity contribution in [3.05, 3.63) is 83.2 Å². The summed E-state index contributed by atoms with van der Waals surface area (Å²) >= 11 is 3.35. The number of benzene rings is 2. The Labute approximate surface area is 171 Å². The van der Waals surface area contributed by atoms with Crippen LogP contribution in [0.3, 0.4) is 0 Å². The van der Waals surface area contributed by atoms with Crippen LogP contribution in [0.2, 0.25) is 0 Å². The molecule has 1 heterocycles. The van der Waals surface area contributed by atoms with Crippen molar-refractivity contribution in [1.29, 1.82) is 0 Å². The van der Waals surface area contributed by atoms with Crippen LogP contribution in [0, 0.1) is 0 Å². The standard InChI is InChI=1S/C21H19BrN2O4/c22-16-8-10-18(11-9-16)28-15-21(26)24(13-19-7-4-12-27-19)14-20(25)23-17-5-2-1-3-6-17/h1-12H,13-15H2,(H,23,25). The Bertz CT molecular complexity index is 896. The third kappa shape index (κ3) is 5.99. The molecule has 28 heavy (non-hydrogen) atoms. The first-order valence-electron chi connectivity index (χ1n) is 8.63. The summed E-state index contributed by atoms with van der Waals surface area (Å²) in [6, 6.07) is 19.8. The van der Waals surface area contributed by atoms with Gasteiger partial charge >= 0.3 is 0 Å². The largest absolute Gasteiger partial charge is 0.484 e. The number of halogens is 1. The van der Waals surface area contributed by atoms with Gasteiger partial charge in [0.05, 0.1) is 12.8 Å². The molecule has 2 amide bonds. The van der Waals surface area contributed by atoms with E-state index in [-0.39, 0.29) is 31.5 Å². The van der Waals surface area contributed by atoms with Gasteiger partial charge in [-0.3, -0.25) is 9.59 Å². The number of hydrogen-bond acceptors (Lipinski definition) is 4. The van der Waals surface area contributed by atoms with Crippen molar-refractivity contribution in [2.75, 3.05) is 18.5 Å². The van der Waals surface area contributed by atoms with Gasteiger partial charge in [0.1, 0.15) is 18.1 Å². The van der Waals surface area contributed by atoms with Gasteiger partial charge in [-0.25, -0.2) is 0 Å². The number of nitrogens with zero attached hydrogens (tertiary/aromatic N) is 1. The van der Waals surface area contributed by atoms with E-state index in [1.165, 1.54) is 11.2 Å². The molecule has 0 aliphatic carbocycles. The molecule has 0 atom stereocenters. The van der Waals surface area contributed by atoms with Crippen molar-refractivity contribution in [2.45, 2.75) is 6.54 Å². The van der Waals surface area contributed by atoms with Crippen LogP contribution in [0.1, 0.15) is 5.76 Å². The van der Waals surface area contributed by atoms with Crippen LogP contribution in [-0.2, 0) is 16.1 Å². The second-order valence-electron chi connectivity index (χ2n) is 5.99. The highest BCUT2D eigenvalue weighted by Crippen LogP contribution is 2.16. The fourth-order valence-corrected chi connectivity index (χ4v) is 2.75. The number of furan rings is 1. The lowest BCUT2D eigenvalue weighted by Gasteiger charge is -2.21. The number of hydrogen-bond donors (Lipinski definition) is 1. The average molecular weight is 443 g/mol. The summed E-state index contributed by atoms with van der Waals surface area (Å²) < 4.78 is 11.8. The minimum absolute atomic E-state index is 0.113. The molecule has 2 aromatic carbocycles. The van der Waals surface area contributed by atoms with Gasteiger partial charge in [-0.2, -0.15) is 0 Å². The first-order valence-corrected chi connectivity index (χ1v) is 9.43. The van der Waals surface area contributed by atoms with E-state index in [1.54, 1.807) is 36.4 Å². The molecule has 7 heteroatoms. The Kier molecular flexibility index (Phi) is 6.86. The van der Waals surface area contributed by atoms with Crippen LogP contribution in [0.5, 0.6) is 5.75 Å². The topological polar surface area (TPSA) is 71.8 Å². The van der Waals surface area contributed by atoms with E-state index in [0.717, 1.165) is 4.47 Å². The molecule has 0 spiro atoms. The van der Waals surface area contributed by atoms with Crippen molar-refractivity contribution in [2.24, 2.45) is 0 Å². The molecule has 0 fully saturated rings. The molecule has 0 unspecified atom stereocenters. The van der Waals surface area contributed by atoms with Crippen molar-refractivity contribution in [1.82, 2.24) is 4.90 Å². The molecule has 3 rings (SSSR count). The Morgan fingerprint density at radius 1 is 1.00 bits per heavy atom. The summed E-state index contributed by atoms with van der Waals surface area (Å²) in [4.78, 5) is 26.5. The molecule has 0 saturated carbocycles. The number of nitrogens with one attached hydrogen (secondary N) is 1. The molecule has 6 nitrogen and oxygen atoms in total. The molecule has 0 saturated heterocycles. The highest BCUT2D eigenvalue weighted by molar-refractivity contribution is 9.10. The fourth-order valence-electron chi connectivity index (χ4n) is 2.49. The van der Waals surface area contributed by atoms with Crippen molar-refractivity contribution >= 4 is 33.4 Å². The van der Waals surface area contributed by atoms with Crippen LogP contribution in [0.4, 0.5) is 5.69 Å². The lowest BCUT2D eigenvalue weighted by Crippen LogP contribution is -2.40. The van der Waals surface area contributed by atoms with Gasteiger partial charge in [0.15, 0.2) is 6.61 Å². The summed E-state index contributed by atoms with van der Waals surface area (Å²) in [5.41, 5.74) is 0.670. The Hall–Kier alpha value is -3.06. The minimum Gasteiger partial charge on any atom is -0.484 e. The van der Waals surface area contributed by atoms with Gasteiger partial charge in [0, 0.05) is 10.2 Å². The first kappa shape index (κ1) is 19.7. The Morgan fingerprint density at radius 2 is 1.75 bits per heavy atom. The quantitative estimate of drug-likeness (QED) is 0.570. The van der Waals surface area contributed by atoms with Gasteiger partial charge in [0.25, 0.3) is 5.91 Å². The number of ether oxygens (including phenoxy) is 1. The van der Waals surface area contributed by atoms with Crippen LogP contribution < -0.4 is 10.1 Å². The van der Waals surface area contributed by atoms with Gasteiger partial charge in [0.2, 0.25) is 5.91 Å². The van der Waals surface area contributed by atoms with Crippen LogP contribution in [0.25, 0.3) is 0 Å². The monoisotopic (exact) mass is 442 g/mol. The second kappa shape index (κ2) is 9.75. The first-order chi connectivity index (χ1) is 13.6. The SMILES string of the molecule is O=C(CN(Cc1ccco1)C(=O)COc1ccc(Br)cc1)Nc1ccccc1. The van der Waals surface area contributed by atoms with E-state index in [1.807, 2.05) is 30.3 Å². The fraction of sp³-hybridized carbons (Fsp3) is 0.143. The zero-order valence-corrected chi connectivity index (χ0v) is 16.6. The number of para-hydroxylation sites is 1. The van der Waals surface area contributed by atoms with Crippen molar-refractivity contribution in [3.8, 4) is 5.75 Å². The van der Waals surface area contributed by atoms with Crippen LogP contribution in [-0.4, -0.2) is 29.9 Å². The summed E-state index contributed by atoms with van der Waals surface area (Å²) in [6.45, 7) is -0.114. The van der Waals surface area contributed by atoms with Crippen LogP contribution >= 0.6 is 15.9 Å². The van der Waals surface area contributed by atoms with Crippen LogP contribution in [0.15, 0.2) is 81.9 Å².